The Balaban J connectivity index is 0.000000206. The zero-order valence-electron chi connectivity index (χ0n) is 21.1. The van der Waals surface area contributed by atoms with Crippen molar-refractivity contribution in [3.63, 3.8) is 0 Å². The van der Waals surface area contributed by atoms with Gasteiger partial charge >= 0.3 is 0 Å². The molecule has 2 aromatic carbocycles. The number of rotatable bonds is 8. The highest BCUT2D eigenvalue weighted by Gasteiger charge is 2.02. The lowest BCUT2D eigenvalue weighted by atomic mass is 10.2. The molecule has 2 N–H and O–H groups in total. The second-order valence-electron chi connectivity index (χ2n) is 7.82. The van der Waals surface area contributed by atoms with Crippen LogP contribution in [0.5, 0.6) is 11.5 Å². The number of hydrogen-bond donors (Lipinski definition) is 2. The molecular weight excluding hydrogens is 490 g/mol. The van der Waals surface area contributed by atoms with E-state index >= 15 is 0 Å². The highest BCUT2D eigenvalue weighted by molar-refractivity contribution is 6.29. The Labute approximate surface area is 221 Å². The molecule has 9 nitrogen and oxygen atoms in total. The van der Waals surface area contributed by atoms with Crippen molar-refractivity contribution >= 4 is 23.2 Å². The van der Waals surface area contributed by atoms with Gasteiger partial charge in [0.15, 0.2) is 0 Å². The Morgan fingerprint density at radius 1 is 0.730 bits per heavy atom. The van der Waals surface area contributed by atoms with Gasteiger partial charge in [-0.05, 0) is 49.2 Å². The third-order valence-corrected chi connectivity index (χ3v) is 5.22. The van der Waals surface area contributed by atoms with Crippen LogP contribution in [0.4, 0.5) is 11.6 Å². The van der Waals surface area contributed by atoms with Crippen molar-refractivity contribution in [3.8, 4) is 17.6 Å². The van der Waals surface area contributed by atoms with Crippen LogP contribution in [0.2, 0.25) is 5.15 Å². The maximum Gasteiger partial charge on any atom is 0.146 e. The third-order valence-electron chi connectivity index (χ3n) is 5.02. The van der Waals surface area contributed by atoms with E-state index in [1.54, 1.807) is 33.3 Å². The Hall–Kier alpha value is -4.42. The predicted octanol–water partition coefficient (Wildman–Crippen LogP) is 5.34. The standard InChI is InChI=1S/C14H14N4O.C13H14ClN3O/c1-10-17-12(8-15)7-14(18-10)16-9-11-3-5-13(19-2)6-4-11;1-9-16-12(14)7-13(17-9)15-8-10-3-5-11(18-2)6-4-10/h3-7H,9H2,1-2H3,(H,16,17,18);3-7H,8H2,1-2H3,(H,15,16,17). The lowest BCUT2D eigenvalue weighted by Crippen LogP contribution is -2.04. The van der Waals surface area contributed by atoms with Crippen molar-refractivity contribution in [3.05, 3.63) is 94.3 Å². The first-order chi connectivity index (χ1) is 17.9. The summed E-state index contributed by atoms with van der Waals surface area (Å²) in [4.78, 5) is 16.5. The van der Waals surface area contributed by atoms with E-state index in [1.807, 2.05) is 61.5 Å². The van der Waals surface area contributed by atoms with Crippen molar-refractivity contribution in [2.45, 2.75) is 26.9 Å². The minimum absolute atomic E-state index is 0.365. The number of nitrogens with one attached hydrogen (secondary N) is 2. The number of halogens is 1. The van der Waals surface area contributed by atoms with Crippen LogP contribution in [0.25, 0.3) is 0 Å². The highest BCUT2D eigenvalue weighted by atomic mass is 35.5. The number of methoxy groups -OCH3 is 2. The van der Waals surface area contributed by atoms with Crippen molar-refractivity contribution in [2.24, 2.45) is 0 Å². The van der Waals surface area contributed by atoms with Crippen LogP contribution in [-0.4, -0.2) is 34.2 Å². The topological polar surface area (TPSA) is 118 Å². The maximum atomic E-state index is 8.85. The fourth-order valence-corrected chi connectivity index (χ4v) is 3.44. The summed E-state index contributed by atoms with van der Waals surface area (Å²) in [5, 5.41) is 15.7. The molecular formula is C27H28ClN7O2. The van der Waals surface area contributed by atoms with Gasteiger partial charge in [-0.25, -0.2) is 19.9 Å². The summed E-state index contributed by atoms with van der Waals surface area (Å²) in [5.41, 5.74) is 2.61. The smallest absolute Gasteiger partial charge is 0.146 e. The van der Waals surface area contributed by atoms with E-state index in [9.17, 15) is 0 Å². The molecule has 0 radical (unpaired) electrons. The van der Waals surface area contributed by atoms with E-state index in [4.69, 9.17) is 26.3 Å². The summed E-state index contributed by atoms with van der Waals surface area (Å²) >= 11 is 5.86. The van der Waals surface area contributed by atoms with Crippen molar-refractivity contribution in [2.75, 3.05) is 24.9 Å². The average Bonchev–Trinajstić information content (AvgIpc) is 2.91. The Kier molecular flexibility index (Phi) is 10.00. The summed E-state index contributed by atoms with van der Waals surface area (Å²) in [5.74, 6) is 4.28. The normalized spacial score (nSPS) is 9.95. The van der Waals surface area contributed by atoms with Crippen LogP contribution < -0.4 is 20.1 Å². The van der Waals surface area contributed by atoms with E-state index in [1.165, 1.54) is 0 Å². The van der Waals surface area contributed by atoms with Gasteiger partial charge in [0.25, 0.3) is 0 Å². The number of benzene rings is 2. The van der Waals surface area contributed by atoms with Gasteiger partial charge in [0.05, 0.1) is 14.2 Å². The molecule has 2 heterocycles. The lowest BCUT2D eigenvalue weighted by molar-refractivity contribution is 0.414. The van der Waals surface area contributed by atoms with Gasteiger partial charge in [-0.3, -0.25) is 0 Å². The summed E-state index contributed by atoms with van der Waals surface area (Å²) < 4.78 is 10.2. The van der Waals surface area contributed by atoms with Crippen LogP contribution in [0, 0.1) is 25.2 Å². The summed E-state index contributed by atoms with van der Waals surface area (Å²) in [7, 11) is 3.29. The highest BCUT2D eigenvalue weighted by Crippen LogP contribution is 2.15. The first-order valence-electron chi connectivity index (χ1n) is 11.4. The molecule has 37 heavy (non-hydrogen) atoms. The number of nitrogens with zero attached hydrogens (tertiary/aromatic N) is 5. The summed E-state index contributed by atoms with van der Waals surface area (Å²) in [6.45, 7) is 4.88. The minimum Gasteiger partial charge on any atom is -0.497 e. The molecule has 2 aromatic heterocycles. The molecule has 0 spiro atoms. The first kappa shape index (κ1) is 27.2. The fraction of sp³-hybridized carbons (Fsp3) is 0.222. The third kappa shape index (κ3) is 8.94. The first-order valence-corrected chi connectivity index (χ1v) is 11.8. The number of aryl methyl sites for hydroxylation is 2. The van der Waals surface area contributed by atoms with Crippen molar-refractivity contribution in [1.82, 2.24) is 19.9 Å². The second-order valence-corrected chi connectivity index (χ2v) is 8.21. The number of nitriles is 1. The molecule has 0 aliphatic rings. The van der Waals surface area contributed by atoms with Gasteiger partial charge in [-0.2, -0.15) is 5.26 Å². The van der Waals surface area contributed by atoms with E-state index in [0.717, 1.165) is 28.4 Å². The molecule has 0 unspecified atom stereocenters. The molecule has 0 aliphatic heterocycles. The van der Waals surface area contributed by atoms with Crippen LogP contribution in [-0.2, 0) is 13.1 Å². The second kappa shape index (κ2) is 13.6. The Morgan fingerprint density at radius 3 is 1.62 bits per heavy atom. The van der Waals surface area contributed by atoms with E-state index in [-0.39, 0.29) is 0 Å². The van der Waals surface area contributed by atoms with Gasteiger partial charge in [-0.1, -0.05) is 35.9 Å². The number of anilines is 2. The maximum absolute atomic E-state index is 8.85. The molecule has 0 aliphatic carbocycles. The fourth-order valence-electron chi connectivity index (χ4n) is 3.21. The van der Waals surface area contributed by atoms with Gasteiger partial charge in [0.2, 0.25) is 0 Å². The molecule has 0 atom stereocenters. The lowest BCUT2D eigenvalue weighted by Gasteiger charge is -2.07. The zero-order valence-corrected chi connectivity index (χ0v) is 21.9. The molecule has 0 bridgehead atoms. The molecule has 4 rings (SSSR count). The zero-order chi connectivity index (χ0) is 26.6. The van der Waals surface area contributed by atoms with Crippen molar-refractivity contribution < 1.29 is 9.47 Å². The quantitative estimate of drug-likeness (QED) is 0.298. The average molecular weight is 518 g/mol. The van der Waals surface area contributed by atoms with Crippen LogP contribution >= 0.6 is 11.6 Å². The van der Waals surface area contributed by atoms with Crippen molar-refractivity contribution in [1.29, 1.82) is 5.26 Å². The molecule has 0 fully saturated rings. The summed E-state index contributed by atoms with van der Waals surface area (Å²) in [6, 6.07) is 21.0. The number of aromatic nitrogens is 4. The van der Waals surface area contributed by atoms with E-state index in [2.05, 4.69) is 30.6 Å². The Bertz CT molecular complexity index is 1320. The molecule has 0 amide bonds. The predicted molar refractivity (Wildman–Crippen MR) is 144 cm³/mol. The number of hydrogen-bond acceptors (Lipinski definition) is 9. The van der Waals surface area contributed by atoms with E-state index in [0.29, 0.717) is 41.4 Å². The largest absolute Gasteiger partial charge is 0.497 e. The summed E-state index contributed by atoms with van der Waals surface area (Å²) in [6.07, 6.45) is 0. The van der Waals surface area contributed by atoms with Gasteiger partial charge in [-0.15, -0.1) is 0 Å². The van der Waals surface area contributed by atoms with Crippen LogP contribution in [0.1, 0.15) is 28.5 Å². The SMILES string of the molecule is COc1ccc(CNc2cc(C#N)nc(C)n2)cc1.COc1ccc(CNc2cc(Cl)nc(C)n2)cc1. The van der Waals surface area contributed by atoms with Gasteiger partial charge in [0, 0.05) is 25.2 Å². The molecule has 0 saturated heterocycles. The monoisotopic (exact) mass is 517 g/mol. The molecule has 190 valence electrons. The van der Waals surface area contributed by atoms with E-state index < -0.39 is 0 Å². The Morgan fingerprint density at radius 2 is 1.19 bits per heavy atom. The van der Waals surface area contributed by atoms with Gasteiger partial charge in [0.1, 0.15) is 51.7 Å². The van der Waals surface area contributed by atoms with Gasteiger partial charge < -0.3 is 20.1 Å². The van der Waals surface area contributed by atoms with Crippen LogP contribution in [0.3, 0.4) is 0 Å². The molecule has 4 aromatic rings. The van der Waals surface area contributed by atoms with Crippen LogP contribution in [0.15, 0.2) is 60.7 Å². The molecule has 10 heteroatoms. The molecule has 0 saturated carbocycles. The minimum atomic E-state index is 0.365. The number of ether oxygens (including phenoxy) is 2.